The summed E-state index contributed by atoms with van der Waals surface area (Å²) in [6.45, 7) is 0.248. The minimum Gasteiger partial charge on any atom is -0.493 e. The third-order valence-electron chi connectivity index (χ3n) is 4.79. The van der Waals surface area contributed by atoms with Crippen LogP contribution in [0.2, 0.25) is 0 Å². The molecule has 0 aliphatic heterocycles. The van der Waals surface area contributed by atoms with Gasteiger partial charge in [-0.15, -0.1) is 0 Å². The molecule has 0 radical (unpaired) electrons. The van der Waals surface area contributed by atoms with Crippen molar-refractivity contribution in [3.8, 4) is 34.5 Å². The number of rotatable bonds is 9. The number of benzene rings is 2. The van der Waals surface area contributed by atoms with Crippen molar-refractivity contribution in [2.45, 2.75) is 12.8 Å². The van der Waals surface area contributed by atoms with Crippen LogP contribution in [0.25, 0.3) is 16.9 Å². The van der Waals surface area contributed by atoms with Gasteiger partial charge in [0.2, 0.25) is 0 Å². The lowest BCUT2D eigenvalue weighted by atomic mass is 10.0. The Balaban J connectivity index is 2.29. The molecule has 9 nitrogen and oxygen atoms in total. The van der Waals surface area contributed by atoms with Crippen LogP contribution in [-0.4, -0.2) is 49.7 Å². The molecule has 0 fully saturated rings. The lowest BCUT2D eigenvalue weighted by molar-refractivity contribution is 0.0549. The molecule has 3 aromatic rings. The fraction of sp³-hybridized carbons (Fsp3) is 0.250. The van der Waals surface area contributed by atoms with Gasteiger partial charge >= 0.3 is 11.9 Å². The number of aromatic nitrogens is 2. The highest BCUT2D eigenvalue weighted by Gasteiger charge is 2.33. The Kier molecular flexibility index (Phi) is 7.65. The van der Waals surface area contributed by atoms with E-state index >= 15 is 0 Å². The average Bonchev–Trinajstić information content (AvgIpc) is 3.26. The third-order valence-corrected chi connectivity index (χ3v) is 4.79. The van der Waals surface area contributed by atoms with E-state index in [0.29, 0.717) is 35.6 Å². The second-order valence-corrected chi connectivity index (χ2v) is 6.75. The monoisotopic (exact) mass is 449 g/mol. The van der Waals surface area contributed by atoms with Crippen molar-refractivity contribution in [3.63, 3.8) is 0 Å². The molecule has 1 aromatic heterocycles. The van der Waals surface area contributed by atoms with Gasteiger partial charge in [-0.3, -0.25) is 0 Å². The van der Waals surface area contributed by atoms with Gasteiger partial charge in [0.25, 0.3) is 0 Å². The number of carbonyl (C=O) groups is 2. The van der Waals surface area contributed by atoms with Gasteiger partial charge in [0, 0.05) is 12.0 Å². The van der Waals surface area contributed by atoms with Crippen LogP contribution >= 0.6 is 0 Å². The fourth-order valence-electron chi connectivity index (χ4n) is 3.28. The highest BCUT2D eigenvalue weighted by Crippen LogP contribution is 2.40. The van der Waals surface area contributed by atoms with E-state index in [1.165, 1.54) is 26.0 Å². The molecular formula is C24H23N3O6. The standard InChI is InChI=1S/C24H23N3O6/c1-30-18-13-9-12-17(22(18)33-15-8-7-14-25)20-19(23(28)31-2)21(24(29)32-3)27(26-20)16-10-5-4-6-11-16/h4-6,9-13H,7-8,15H2,1-3H3. The highest BCUT2D eigenvalue weighted by molar-refractivity contribution is 6.07. The maximum absolute atomic E-state index is 12.9. The number of carbonyl (C=O) groups excluding carboxylic acids is 2. The van der Waals surface area contributed by atoms with Crippen molar-refractivity contribution in [1.29, 1.82) is 5.26 Å². The SMILES string of the molecule is COC(=O)c1c(-c2cccc(OC)c2OCCCC#N)nn(-c2ccccc2)c1C(=O)OC. The molecule has 0 N–H and O–H groups in total. The molecule has 0 unspecified atom stereocenters. The van der Waals surface area contributed by atoms with Crippen molar-refractivity contribution < 1.29 is 28.5 Å². The van der Waals surface area contributed by atoms with Crippen molar-refractivity contribution in [2.24, 2.45) is 0 Å². The smallest absolute Gasteiger partial charge is 0.357 e. The van der Waals surface area contributed by atoms with E-state index in [-0.39, 0.29) is 23.6 Å². The van der Waals surface area contributed by atoms with Crippen LogP contribution in [-0.2, 0) is 9.47 Å². The molecule has 0 spiro atoms. The Morgan fingerprint density at radius 3 is 2.36 bits per heavy atom. The number of hydrogen-bond donors (Lipinski definition) is 0. The first-order chi connectivity index (χ1) is 16.1. The minimum absolute atomic E-state index is 0.0664. The highest BCUT2D eigenvalue weighted by atomic mass is 16.5. The van der Waals surface area contributed by atoms with Crippen molar-refractivity contribution >= 4 is 11.9 Å². The van der Waals surface area contributed by atoms with Gasteiger partial charge in [0.05, 0.1) is 39.7 Å². The van der Waals surface area contributed by atoms with Gasteiger partial charge < -0.3 is 18.9 Å². The molecule has 0 saturated carbocycles. The zero-order valence-electron chi connectivity index (χ0n) is 18.5. The molecule has 9 heteroatoms. The van der Waals surface area contributed by atoms with Crippen LogP contribution in [0.1, 0.15) is 33.7 Å². The van der Waals surface area contributed by atoms with Crippen molar-refractivity contribution in [3.05, 3.63) is 59.8 Å². The molecule has 0 atom stereocenters. The van der Waals surface area contributed by atoms with Crippen molar-refractivity contribution in [2.75, 3.05) is 27.9 Å². The number of ether oxygens (including phenoxy) is 4. The predicted molar refractivity (Wildman–Crippen MR) is 119 cm³/mol. The summed E-state index contributed by atoms with van der Waals surface area (Å²) >= 11 is 0. The molecule has 0 aliphatic carbocycles. The average molecular weight is 449 g/mol. The van der Waals surface area contributed by atoms with Crippen molar-refractivity contribution in [1.82, 2.24) is 9.78 Å². The molecule has 0 saturated heterocycles. The van der Waals surface area contributed by atoms with Crippen LogP contribution in [0, 0.1) is 11.3 Å². The van der Waals surface area contributed by atoms with E-state index in [9.17, 15) is 9.59 Å². The number of nitrogens with zero attached hydrogens (tertiary/aromatic N) is 3. The number of nitriles is 1. The van der Waals surface area contributed by atoms with E-state index in [1.54, 1.807) is 42.5 Å². The Hall–Kier alpha value is -4.32. The summed E-state index contributed by atoms with van der Waals surface area (Å²) in [6.07, 6.45) is 0.830. The second-order valence-electron chi connectivity index (χ2n) is 6.75. The molecule has 33 heavy (non-hydrogen) atoms. The van der Waals surface area contributed by atoms with Gasteiger partial charge in [-0.2, -0.15) is 10.4 Å². The minimum atomic E-state index is -0.758. The summed E-state index contributed by atoms with van der Waals surface area (Å²) in [7, 11) is 3.93. The molecule has 2 aromatic carbocycles. The van der Waals surface area contributed by atoms with Gasteiger partial charge in [-0.25, -0.2) is 14.3 Å². The fourth-order valence-corrected chi connectivity index (χ4v) is 3.28. The number of esters is 2. The first kappa shape index (κ1) is 23.3. The van der Waals surface area contributed by atoms with Crippen LogP contribution in [0.4, 0.5) is 0 Å². The zero-order valence-corrected chi connectivity index (χ0v) is 18.5. The molecule has 3 rings (SSSR count). The quantitative estimate of drug-likeness (QED) is 0.358. The van der Waals surface area contributed by atoms with Crippen LogP contribution in [0.5, 0.6) is 11.5 Å². The molecule has 0 aliphatic rings. The number of methoxy groups -OCH3 is 3. The van der Waals surface area contributed by atoms with Gasteiger partial charge in [-0.05, 0) is 30.7 Å². The van der Waals surface area contributed by atoms with Crippen LogP contribution in [0.15, 0.2) is 48.5 Å². The maximum atomic E-state index is 12.9. The summed E-state index contributed by atoms with van der Waals surface area (Å²) in [4.78, 5) is 25.6. The summed E-state index contributed by atoms with van der Waals surface area (Å²) in [5, 5.41) is 13.4. The van der Waals surface area contributed by atoms with Gasteiger partial charge in [-0.1, -0.05) is 24.3 Å². The molecule has 0 bridgehead atoms. The second kappa shape index (κ2) is 10.8. The van der Waals surface area contributed by atoms with E-state index in [1.807, 2.05) is 6.07 Å². The van der Waals surface area contributed by atoms with E-state index in [4.69, 9.17) is 24.2 Å². The lowest BCUT2D eigenvalue weighted by Crippen LogP contribution is -2.15. The number of para-hydroxylation sites is 2. The topological polar surface area (TPSA) is 113 Å². The Morgan fingerprint density at radius 2 is 1.73 bits per heavy atom. The Labute approximate surface area is 191 Å². The van der Waals surface area contributed by atoms with E-state index in [0.717, 1.165) is 0 Å². The lowest BCUT2D eigenvalue weighted by Gasteiger charge is -2.14. The first-order valence-corrected chi connectivity index (χ1v) is 10.1. The summed E-state index contributed by atoms with van der Waals surface area (Å²) < 4.78 is 22.7. The van der Waals surface area contributed by atoms with Crippen LogP contribution in [0.3, 0.4) is 0 Å². The first-order valence-electron chi connectivity index (χ1n) is 10.1. The molecule has 0 amide bonds. The maximum Gasteiger partial charge on any atom is 0.357 e. The number of hydrogen-bond acceptors (Lipinski definition) is 8. The van der Waals surface area contributed by atoms with E-state index < -0.39 is 11.9 Å². The van der Waals surface area contributed by atoms with Crippen LogP contribution < -0.4 is 9.47 Å². The summed E-state index contributed by atoms with van der Waals surface area (Å²) in [6, 6.07) is 16.1. The predicted octanol–water partition coefficient (Wildman–Crippen LogP) is 3.80. The Bertz CT molecular complexity index is 1180. The summed E-state index contributed by atoms with van der Waals surface area (Å²) in [5.41, 5.74) is 0.993. The molecule has 170 valence electrons. The normalized spacial score (nSPS) is 10.2. The molecule has 1 heterocycles. The summed E-state index contributed by atoms with van der Waals surface area (Å²) in [5.74, 6) is -0.769. The zero-order chi connectivity index (χ0) is 23.8. The Morgan fingerprint density at radius 1 is 1.00 bits per heavy atom. The van der Waals surface area contributed by atoms with Gasteiger partial charge in [0.15, 0.2) is 17.2 Å². The molecular weight excluding hydrogens is 426 g/mol. The third kappa shape index (κ3) is 4.80. The van der Waals surface area contributed by atoms with Gasteiger partial charge in [0.1, 0.15) is 11.3 Å². The van der Waals surface area contributed by atoms with E-state index in [2.05, 4.69) is 11.2 Å². The number of unbranched alkanes of at least 4 members (excludes halogenated alkanes) is 1. The largest absolute Gasteiger partial charge is 0.493 e.